The van der Waals surface area contributed by atoms with Crippen LogP contribution >= 0.6 is 15.9 Å². The van der Waals surface area contributed by atoms with Gasteiger partial charge >= 0.3 is 12.1 Å². The summed E-state index contributed by atoms with van der Waals surface area (Å²) in [6, 6.07) is 2.69. The molecule has 0 aliphatic rings. The lowest BCUT2D eigenvalue weighted by atomic mass is 10.0. The summed E-state index contributed by atoms with van der Waals surface area (Å²) in [6.45, 7) is 0. The summed E-state index contributed by atoms with van der Waals surface area (Å²) in [5, 5.41) is 0. The third-order valence-electron chi connectivity index (χ3n) is 2.07. The van der Waals surface area contributed by atoms with Gasteiger partial charge in [0.1, 0.15) is 5.82 Å². The van der Waals surface area contributed by atoms with Crippen LogP contribution in [0.3, 0.4) is 0 Å². The number of benzene rings is 1. The number of hydrogen-bond acceptors (Lipinski definition) is 1. The van der Waals surface area contributed by atoms with Gasteiger partial charge < -0.3 is 0 Å². The molecule has 0 atom stereocenters. The van der Waals surface area contributed by atoms with Gasteiger partial charge in [-0.15, -0.1) is 0 Å². The number of alkyl halides is 5. The number of Topliss-reactive ketones (excluding diaryl/α,β-unsaturated/α-hetero) is 1. The third-order valence-corrected chi connectivity index (χ3v) is 2.81. The zero-order valence-corrected chi connectivity index (χ0v) is 10.1. The molecule has 100 valence electrons. The van der Waals surface area contributed by atoms with E-state index in [1.54, 1.807) is 0 Å². The maximum Gasteiger partial charge on any atom is 0.461 e. The van der Waals surface area contributed by atoms with Crippen molar-refractivity contribution in [3.63, 3.8) is 0 Å². The molecule has 1 nitrogen and oxygen atoms in total. The summed E-state index contributed by atoms with van der Waals surface area (Å²) in [7, 11) is 0. The van der Waals surface area contributed by atoms with Crippen molar-refractivity contribution in [2.24, 2.45) is 0 Å². The van der Waals surface area contributed by atoms with E-state index in [9.17, 15) is 31.1 Å². The molecular formula is C10H5BrF6O. The molecular weight excluding hydrogens is 330 g/mol. The van der Waals surface area contributed by atoms with Gasteiger partial charge in [-0.2, -0.15) is 22.0 Å². The second kappa shape index (κ2) is 4.91. The molecule has 0 amide bonds. The minimum atomic E-state index is -5.93. The monoisotopic (exact) mass is 334 g/mol. The van der Waals surface area contributed by atoms with E-state index in [2.05, 4.69) is 15.9 Å². The van der Waals surface area contributed by atoms with Gasteiger partial charge in [-0.25, -0.2) is 4.39 Å². The van der Waals surface area contributed by atoms with Gasteiger partial charge in [0.2, 0.25) is 5.78 Å². The number of hydrogen-bond donors (Lipinski definition) is 0. The van der Waals surface area contributed by atoms with Crippen molar-refractivity contribution in [1.29, 1.82) is 0 Å². The maximum atomic E-state index is 12.7. The molecule has 1 aromatic carbocycles. The van der Waals surface area contributed by atoms with E-state index in [0.29, 0.717) is 0 Å². The largest absolute Gasteiger partial charge is 0.461 e. The highest BCUT2D eigenvalue weighted by molar-refractivity contribution is 9.10. The second-order valence-electron chi connectivity index (χ2n) is 3.41. The Kier molecular flexibility index (Phi) is 4.09. The predicted molar refractivity (Wildman–Crippen MR) is 53.8 cm³/mol. The minimum Gasteiger partial charge on any atom is -0.292 e. The molecule has 0 N–H and O–H groups in total. The molecule has 0 bridgehead atoms. The lowest BCUT2D eigenvalue weighted by Crippen LogP contribution is -2.44. The highest BCUT2D eigenvalue weighted by Crippen LogP contribution is 2.37. The fourth-order valence-electron chi connectivity index (χ4n) is 1.11. The number of rotatable bonds is 3. The molecule has 0 aromatic heterocycles. The fraction of sp³-hybridized carbons (Fsp3) is 0.300. The SMILES string of the molecule is O=C(Cc1ccc(F)cc1Br)C(F)(F)C(F)(F)F. The van der Waals surface area contributed by atoms with E-state index in [0.717, 1.165) is 18.2 Å². The Morgan fingerprint density at radius 3 is 2.17 bits per heavy atom. The molecule has 0 fully saturated rings. The molecule has 1 rings (SSSR count). The van der Waals surface area contributed by atoms with E-state index in [1.165, 1.54) is 0 Å². The second-order valence-corrected chi connectivity index (χ2v) is 4.26. The molecule has 8 heteroatoms. The van der Waals surface area contributed by atoms with Gasteiger partial charge in [-0.3, -0.25) is 4.79 Å². The van der Waals surface area contributed by atoms with Gasteiger partial charge in [0.15, 0.2) is 0 Å². The summed E-state index contributed by atoms with van der Waals surface area (Å²) in [5.74, 6) is -8.41. The van der Waals surface area contributed by atoms with Crippen LogP contribution in [0.5, 0.6) is 0 Å². The molecule has 0 radical (unpaired) electrons. The zero-order valence-electron chi connectivity index (χ0n) is 8.49. The van der Waals surface area contributed by atoms with Crippen LogP contribution in [0.15, 0.2) is 22.7 Å². The fourth-order valence-corrected chi connectivity index (χ4v) is 1.60. The summed E-state index contributed by atoms with van der Waals surface area (Å²) < 4.78 is 73.7. The zero-order chi connectivity index (χ0) is 14.1. The molecule has 0 spiro atoms. The van der Waals surface area contributed by atoms with Crippen LogP contribution in [0.4, 0.5) is 26.3 Å². The standard InChI is InChI=1S/C10H5BrF6O/c11-7-4-6(12)2-1-5(7)3-8(18)9(13,14)10(15,16)17/h1-2,4H,3H2. The summed E-state index contributed by atoms with van der Waals surface area (Å²) >= 11 is 2.77. The van der Waals surface area contributed by atoms with Crippen LogP contribution in [0.1, 0.15) is 5.56 Å². The summed E-state index contributed by atoms with van der Waals surface area (Å²) in [6.07, 6.45) is -7.08. The first kappa shape index (κ1) is 15.0. The molecule has 0 aliphatic heterocycles. The van der Waals surface area contributed by atoms with Gasteiger partial charge in [0, 0.05) is 10.9 Å². The molecule has 1 aromatic rings. The van der Waals surface area contributed by atoms with Crippen LogP contribution in [0, 0.1) is 5.82 Å². The Hall–Kier alpha value is -1.05. The molecule has 0 saturated heterocycles. The van der Waals surface area contributed by atoms with Gasteiger partial charge in [-0.1, -0.05) is 22.0 Å². The first-order chi connectivity index (χ1) is 8.05. The average molecular weight is 335 g/mol. The van der Waals surface area contributed by atoms with E-state index < -0.39 is 30.1 Å². The van der Waals surface area contributed by atoms with Crippen LogP contribution in [-0.2, 0) is 11.2 Å². The summed E-state index contributed by atoms with van der Waals surface area (Å²) in [4.78, 5) is 10.9. The van der Waals surface area contributed by atoms with Crippen LogP contribution < -0.4 is 0 Å². The van der Waals surface area contributed by atoms with Crippen molar-refractivity contribution in [2.45, 2.75) is 18.5 Å². The Morgan fingerprint density at radius 1 is 1.17 bits per heavy atom. The molecule has 0 saturated carbocycles. The number of ketones is 1. The smallest absolute Gasteiger partial charge is 0.292 e. The number of carbonyl (C=O) groups is 1. The molecule has 0 aliphatic carbocycles. The van der Waals surface area contributed by atoms with Crippen LogP contribution in [0.25, 0.3) is 0 Å². The maximum absolute atomic E-state index is 12.7. The Labute approximate surface area is 106 Å². The van der Waals surface area contributed by atoms with Crippen LogP contribution in [-0.4, -0.2) is 17.9 Å². The van der Waals surface area contributed by atoms with E-state index in [1.807, 2.05) is 0 Å². The van der Waals surface area contributed by atoms with Gasteiger partial charge in [0.05, 0.1) is 0 Å². The van der Waals surface area contributed by atoms with Crippen molar-refractivity contribution >= 4 is 21.7 Å². The topological polar surface area (TPSA) is 17.1 Å². The van der Waals surface area contributed by atoms with Crippen LogP contribution in [0.2, 0.25) is 0 Å². The normalized spacial score (nSPS) is 12.6. The quantitative estimate of drug-likeness (QED) is 0.766. The molecule has 18 heavy (non-hydrogen) atoms. The summed E-state index contributed by atoms with van der Waals surface area (Å²) in [5.41, 5.74) is -0.148. The van der Waals surface area contributed by atoms with Gasteiger partial charge in [-0.05, 0) is 17.7 Å². The minimum absolute atomic E-state index is 0.0474. The number of carbonyl (C=O) groups excluding carboxylic acids is 1. The Bertz CT molecular complexity index is 468. The van der Waals surface area contributed by atoms with Crippen molar-refractivity contribution < 1.29 is 31.1 Å². The average Bonchev–Trinajstić information content (AvgIpc) is 2.20. The molecule has 0 heterocycles. The molecule has 0 unspecified atom stereocenters. The van der Waals surface area contributed by atoms with E-state index >= 15 is 0 Å². The van der Waals surface area contributed by atoms with E-state index in [4.69, 9.17) is 0 Å². The Morgan fingerprint density at radius 2 is 1.72 bits per heavy atom. The van der Waals surface area contributed by atoms with Crippen molar-refractivity contribution in [2.75, 3.05) is 0 Å². The first-order valence-electron chi connectivity index (χ1n) is 4.47. The van der Waals surface area contributed by atoms with E-state index in [-0.39, 0.29) is 10.0 Å². The highest BCUT2D eigenvalue weighted by atomic mass is 79.9. The Balaban J connectivity index is 2.95. The third kappa shape index (κ3) is 3.04. The predicted octanol–water partition coefficient (Wildman–Crippen LogP) is 3.90. The van der Waals surface area contributed by atoms with Gasteiger partial charge in [0.25, 0.3) is 0 Å². The highest BCUT2D eigenvalue weighted by Gasteiger charge is 2.62. The lowest BCUT2D eigenvalue weighted by molar-refractivity contribution is -0.268. The van der Waals surface area contributed by atoms with Crippen molar-refractivity contribution in [3.8, 4) is 0 Å². The number of halogens is 7. The van der Waals surface area contributed by atoms with Crippen molar-refractivity contribution in [1.82, 2.24) is 0 Å². The first-order valence-corrected chi connectivity index (χ1v) is 5.27. The van der Waals surface area contributed by atoms with Crippen molar-refractivity contribution in [3.05, 3.63) is 34.1 Å². The lowest BCUT2D eigenvalue weighted by Gasteiger charge is -2.18.